The number of aryl methyl sites for hydroxylation is 1. The Morgan fingerprint density at radius 1 is 1.14 bits per heavy atom. The van der Waals surface area contributed by atoms with Gasteiger partial charge in [-0.2, -0.15) is 0 Å². The van der Waals surface area contributed by atoms with Crippen LogP contribution in [0.15, 0.2) is 52.9 Å². The van der Waals surface area contributed by atoms with E-state index in [1.807, 2.05) is 50.2 Å². The molecule has 1 heterocycles. The highest BCUT2D eigenvalue weighted by Crippen LogP contribution is 2.29. The average Bonchev–Trinajstić information content (AvgIpc) is 2.87. The first-order valence-electron chi connectivity index (χ1n) is 7.16. The minimum Gasteiger partial charge on any atom is -0.459 e. The van der Waals surface area contributed by atoms with Crippen molar-refractivity contribution in [2.45, 2.75) is 19.9 Å². The zero-order chi connectivity index (χ0) is 14.8. The number of hydrogen-bond donors (Lipinski definition) is 1. The fourth-order valence-corrected chi connectivity index (χ4v) is 2.66. The first-order valence-corrected chi connectivity index (χ1v) is 7.16. The smallest absolute Gasteiger partial charge is 0.134 e. The van der Waals surface area contributed by atoms with Gasteiger partial charge in [0, 0.05) is 5.39 Å². The van der Waals surface area contributed by atoms with Gasteiger partial charge in [0.15, 0.2) is 0 Å². The van der Waals surface area contributed by atoms with Crippen LogP contribution in [0.2, 0.25) is 0 Å². The van der Waals surface area contributed by atoms with Gasteiger partial charge in [0.05, 0.1) is 6.04 Å². The molecule has 0 spiro atoms. The van der Waals surface area contributed by atoms with Gasteiger partial charge in [0.1, 0.15) is 17.2 Å². The Balaban J connectivity index is 2.08. The SMILES string of the molecule is CCNC(c1cc(C)cc(F)c1)c1cc2ccccc2o1. The molecule has 2 nitrogen and oxygen atoms in total. The summed E-state index contributed by atoms with van der Waals surface area (Å²) in [5, 5.41) is 4.43. The molecule has 0 fully saturated rings. The summed E-state index contributed by atoms with van der Waals surface area (Å²) < 4.78 is 19.6. The number of halogens is 1. The molecule has 3 rings (SSSR count). The number of nitrogens with one attached hydrogen (secondary N) is 1. The summed E-state index contributed by atoms with van der Waals surface area (Å²) >= 11 is 0. The van der Waals surface area contributed by atoms with Crippen LogP contribution >= 0.6 is 0 Å². The molecule has 0 saturated carbocycles. The normalized spacial score (nSPS) is 12.7. The fraction of sp³-hybridized carbons (Fsp3) is 0.222. The van der Waals surface area contributed by atoms with Crippen molar-refractivity contribution in [2.24, 2.45) is 0 Å². The Morgan fingerprint density at radius 2 is 1.95 bits per heavy atom. The molecule has 1 N–H and O–H groups in total. The molecule has 1 atom stereocenters. The maximum atomic E-state index is 13.7. The van der Waals surface area contributed by atoms with Gasteiger partial charge in [-0.25, -0.2) is 4.39 Å². The van der Waals surface area contributed by atoms with Gasteiger partial charge in [-0.3, -0.25) is 0 Å². The molecule has 0 aliphatic carbocycles. The van der Waals surface area contributed by atoms with E-state index in [4.69, 9.17) is 4.42 Å². The Hall–Kier alpha value is -2.13. The lowest BCUT2D eigenvalue weighted by Crippen LogP contribution is -2.21. The average molecular weight is 283 g/mol. The number of para-hydroxylation sites is 1. The van der Waals surface area contributed by atoms with Crippen LogP contribution in [-0.2, 0) is 0 Å². The lowest BCUT2D eigenvalue weighted by Gasteiger charge is -2.16. The largest absolute Gasteiger partial charge is 0.459 e. The van der Waals surface area contributed by atoms with E-state index in [1.165, 1.54) is 6.07 Å². The summed E-state index contributed by atoms with van der Waals surface area (Å²) in [6.45, 7) is 4.70. The molecule has 21 heavy (non-hydrogen) atoms. The molecule has 3 heteroatoms. The van der Waals surface area contributed by atoms with E-state index in [-0.39, 0.29) is 11.9 Å². The molecule has 3 aromatic rings. The molecule has 0 aliphatic heterocycles. The van der Waals surface area contributed by atoms with Crippen molar-refractivity contribution in [1.29, 1.82) is 0 Å². The number of benzene rings is 2. The molecule has 0 saturated heterocycles. The van der Waals surface area contributed by atoms with Crippen molar-refractivity contribution < 1.29 is 8.81 Å². The summed E-state index contributed by atoms with van der Waals surface area (Å²) in [5.41, 5.74) is 2.64. The highest BCUT2D eigenvalue weighted by atomic mass is 19.1. The number of furan rings is 1. The van der Waals surface area contributed by atoms with Gasteiger partial charge in [-0.15, -0.1) is 0 Å². The second-order valence-corrected chi connectivity index (χ2v) is 5.24. The quantitative estimate of drug-likeness (QED) is 0.758. The van der Waals surface area contributed by atoms with Gasteiger partial charge < -0.3 is 9.73 Å². The van der Waals surface area contributed by atoms with Crippen molar-refractivity contribution in [1.82, 2.24) is 5.32 Å². The standard InChI is InChI=1S/C18H18FNO/c1-3-20-18(14-8-12(2)9-15(19)10-14)17-11-13-6-4-5-7-16(13)21-17/h4-11,18,20H,3H2,1-2H3. The molecule has 0 amide bonds. The maximum absolute atomic E-state index is 13.7. The Morgan fingerprint density at radius 3 is 2.67 bits per heavy atom. The number of rotatable bonds is 4. The summed E-state index contributed by atoms with van der Waals surface area (Å²) in [5.74, 6) is 0.590. The van der Waals surface area contributed by atoms with E-state index >= 15 is 0 Å². The van der Waals surface area contributed by atoms with E-state index in [9.17, 15) is 4.39 Å². The predicted molar refractivity (Wildman–Crippen MR) is 82.9 cm³/mol. The molecule has 2 aromatic carbocycles. The third-order valence-corrected chi connectivity index (χ3v) is 3.54. The van der Waals surface area contributed by atoms with Crippen LogP contribution < -0.4 is 5.32 Å². The summed E-state index contributed by atoms with van der Waals surface area (Å²) in [4.78, 5) is 0. The Labute approximate surface area is 123 Å². The van der Waals surface area contributed by atoms with Crippen LogP contribution in [0.5, 0.6) is 0 Å². The molecule has 108 valence electrons. The molecular weight excluding hydrogens is 265 g/mol. The molecule has 0 aliphatic rings. The van der Waals surface area contributed by atoms with E-state index < -0.39 is 0 Å². The lowest BCUT2D eigenvalue weighted by atomic mass is 10.0. The first-order chi connectivity index (χ1) is 10.2. The Bertz CT molecular complexity index is 710. The monoisotopic (exact) mass is 283 g/mol. The van der Waals surface area contributed by atoms with Crippen molar-refractivity contribution in [3.8, 4) is 0 Å². The lowest BCUT2D eigenvalue weighted by molar-refractivity contribution is 0.475. The zero-order valence-electron chi connectivity index (χ0n) is 12.2. The van der Waals surface area contributed by atoms with Crippen LogP contribution in [0, 0.1) is 12.7 Å². The second-order valence-electron chi connectivity index (χ2n) is 5.24. The minimum absolute atomic E-state index is 0.142. The third-order valence-electron chi connectivity index (χ3n) is 3.54. The van der Waals surface area contributed by atoms with Crippen molar-refractivity contribution in [3.05, 3.63) is 71.2 Å². The van der Waals surface area contributed by atoms with E-state index in [0.29, 0.717) is 0 Å². The Kier molecular flexibility index (Phi) is 3.76. The molecular formula is C18H18FNO. The van der Waals surface area contributed by atoms with Gasteiger partial charge >= 0.3 is 0 Å². The molecule has 0 radical (unpaired) electrons. The summed E-state index contributed by atoms with van der Waals surface area (Å²) in [6.07, 6.45) is 0. The number of hydrogen-bond acceptors (Lipinski definition) is 2. The van der Waals surface area contributed by atoms with Crippen LogP contribution in [-0.4, -0.2) is 6.54 Å². The van der Waals surface area contributed by atoms with Gasteiger partial charge in [0.25, 0.3) is 0 Å². The summed E-state index contributed by atoms with van der Waals surface area (Å²) in [6, 6.07) is 14.9. The second kappa shape index (κ2) is 5.70. The fourth-order valence-electron chi connectivity index (χ4n) is 2.66. The topological polar surface area (TPSA) is 25.2 Å². The van der Waals surface area contributed by atoms with E-state index in [0.717, 1.165) is 34.4 Å². The summed E-state index contributed by atoms with van der Waals surface area (Å²) in [7, 11) is 0. The van der Waals surface area contributed by atoms with Gasteiger partial charge in [-0.1, -0.05) is 31.2 Å². The highest BCUT2D eigenvalue weighted by molar-refractivity contribution is 5.78. The predicted octanol–water partition coefficient (Wildman–Crippen LogP) is 4.58. The minimum atomic E-state index is -0.219. The van der Waals surface area contributed by atoms with E-state index in [1.54, 1.807) is 6.07 Å². The van der Waals surface area contributed by atoms with Crippen molar-refractivity contribution >= 4 is 11.0 Å². The molecule has 1 aromatic heterocycles. The molecule has 1 unspecified atom stereocenters. The van der Waals surface area contributed by atoms with Crippen molar-refractivity contribution in [3.63, 3.8) is 0 Å². The van der Waals surface area contributed by atoms with Gasteiger partial charge in [0.2, 0.25) is 0 Å². The highest BCUT2D eigenvalue weighted by Gasteiger charge is 2.18. The van der Waals surface area contributed by atoms with Crippen molar-refractivity contribution in [2.75, 3.05) is 6.54 Å². The number of fused-ring (bicyclic) bond motifs is 1. The maximum Gasteiger partial charge on any atom is 0.134 e. The molecule has 0 bridgehead atoms. The van der Waals surface area contributed by atoms with Crippen LogP contribution in [0.25, 0.3) is 11.0 Å². The van der Waals surface area contributed by atoms with E-state index in [2.05, 4.69) is 5.32 Å². The van der Waals surface area contributed by atoms with Crippen LogP contribution in [0.3, 0.4) is 0 Å². The third kappa shape index (κ3) is 2.83. The van der Waals surface area contributed by atoms with Crippen LogP contribution in [0.4, 0.5) is 4.39 Å². The van der Waals surface area contributed by atoms with Gasteiger partial charge in [-0.05, 0) is 48.9 Å². The zero-order valence-corrected chi connectivity index (χ0v) is 12.2. The van der Waals surface area contributed by atoms with Crippen LogP contribution in [0.1, 0.15) is 29.9 Å². The first kappa shape index (κ1) is 13.8.